The van der Waals surface area contributed by atoms with Gasteiger partial charge in [0, 0.05) is 54.2 Å². The van der Waals surface area contributed by atoms with Gasteiger partial charge in [-0.3, -0.25) is 9.59 Å². The summed E-state index contributed by atoms with van der Waals surface area (Å²) in [6.45, 7) is 3.52. The number of carbonyl (C=O) groups excluding carboxylic acids is 2. The Hall–Kier alpha value is -2.64. The molecule has 1 aliphatic rings. The smallest absolute Gasteiger partial charge is 0.259 e. The third kappa shape index (κ3) is 3.43. The summed E-state index contributed by atoms with van der Waals surface area (Å²) in [5.41, 5.74) is 2.12. The molecule has 1 aromatic carbocycles. The molecule has 1 aliphatic heterocycles. The molecule has 0 aliphatic carbocycles. The summed E-state index contributed by atoms with van der Waals surface area (Å²) in [6.07, 6.45) is 3.40. The molecule has 0 N–H and O–H groups in total. The van der Waals surface area contributed by atoms with Gasteiger partial charge in [-0.2, -0.15) is 5.10 Å². The first-order valence-corrected chi connectivity index (χ1v) is 9.54. The van der Waals surface area contributed by atoms with Crippen molar-refractivity contribution in [1.29, 1.82) is 0 Å². The van der Waals surface area contributed by atoms with E-state index in [9.17, 15) is 9.59 Å². The Morgan fingerprint density at radius 1 is 0.964 bits per heavy atom. The first-order chi connectivity index (χ1) is 13.4. The number of aromatic nitrogens is 3. The molecule has 0 saturated carbocycles. The van der Waals surface area contributed by atoms with E-state index in [0.717, 1.165) is 0 Å². The SMILES string of the molecule is Cc1nn2cccnc2c1C(=O)N1CCN(C(=O)c2cc(Cl)cc(Cl)c2)CC1. The Labute approximate surface area is 171 Å². The summed E-state index contributed by atoms with van der Waals surface area (Å²) < 4.78 is 1.60. The normalized spacial score (nSPS) is 14.5. The lowest BCUT2D eigenvalue weighted by molar-refractivity contribution is 0.0536. The van der Waals surface area contributed by atoms with Crippen molar-refractivity contribution in [3.05, 3.63) is 63.5 Å². The van der Waals surface area contributed by atoms with E-state index in [-0.39, 0.29) is 11.8 Å². The van der Waals surface area contributed by atoms with Crippen LogP contribution in [0.15, 0.2) is 36.7 Å². The highest BCUT2D eigenvalue weighted by atomic mass is 35.5. The summed E-state index contributed by atoms with van der Waals surface area (Å²) in [7, 11) is 0. The molecule has 3 heterocycles. The number of amides is 2. The molecule has 9 heteroatoms. The van der Waals surface area contributed by atoms with E-state index in [0.29, 0.717) is 58.7 Å². The monoisotopic (exact) mass is 417 g/mol. The number of fused-ring (bicyclic) bond motifs is 1. The van der Waals surface area contributed by atoms with Gasteiger partial charge in [-0.1, -0.05) is 23.2 Å². The van der Waals surface area contributed by atoms with E-state index < -0.39 is 0 Å². The molecular formula is C19H17Cl2N5O2. The molecular weight excluding hydrogens is 401 g/mol. The van der Waals surface area contributed by atoms with Crippen LogP contribution in [-0.2, 0) is 0 Å². The topological polar surface area (TPSA) is 70.8 Å². The third-order valence-corrected chi connectivity index (χ3v) is 5.18. The summed E-state index contributed by atoms with van der Waals surface area (Å²) in [5, 5.41) is 5.18. The van der Waals surface area contributed by atoms with Gasteiger partial charge in [0.15, 0.2) is 5.65 Å². The maximum absolute atomic E-state index is 13.0. The number of piperazine rings is 1. The minimum atomic E-state index is -0.148. The van der Waals surface area contributed by atoms with E-state index in [1.807, 2.05) is 0 Å². The predicted octanol–water partition coefficient (Wildman–Crippen LogP) is 2.94. The number of rotatable bonds is 2. The van der Waals surface area contributed by atoms with Gasteiger partial charge < -0.3 is 9.80 Å². The average Bonchev–Trinajstić information content (AvgIpc) is 3.02. The third-order valence-electron chi connectivity index (χ3n) is 4.75. The van der Waals surface area contributed by atoms with Gasteiger partial charge in [-0.15, -0.1) is 0 Å². The largest absolute Gasteiger partial charge is 0.335 e. The van der Waals surface area contributed by atoms with Crippen LogP contribution in [0, 0.1) is 6.92 Å². The Kier molecular flexibility index (Phi) is 4.95. The van der Waals surface area contributed by atoms with Gasteiger partial charge in [0.25, 0.3) is 11.8 Å². The standard InChI is InChI=1S/C19H17Cl2N5O2/c1-12-16(17-22-3-2-4-26(17)23-12)19(28)25-7-5-24(6-8-25)18(27)13-9-14(20)11-15(21)10-13/h2-4,9-11H,5-8H2,1H3. The summed E-state index contributed by atoms with van der Waals surface area (Å²) in [4.78, 5) is 33.5. The molecule has 1 fully saturated rings. The fourth-order valence-electron chi connectivity index (χ4n) is 3.38. The molecule has 0 bridgehead atoms. The van der Waals surface area contributed by atoms with Crippen LogP contribution in [0.25, 0.3) is 5.65 Å². The van der Waals surface area contributed by atoms with Crippen molar-refractivity contribution in [1.82, 2.24) is 24.4 Å². The molecule has 4 rings (SSSR count). The Balaban J connectivity index is 1.48. The zero-order valence-corrected chi connectivity index (χ0v) is 16.6. The molecule has 3 aromatic rings. The number of carbonyl (C=O) groups is 2. The molecule has 144 valence electrons. The number of benzene rings is 1. The number of hydrogen-bond acceptors (Lipinski definition) is 4. The molecule has 0 atom stereocenters. The second-order valence-electron chi connectivity index (χ2n) is 6.59. The second kappa shape index (κ2) is 7.41. The average molecular weight is 418 g/mol. The van der Waals surface area contributed by atoms with Crippen LogP contribution >= 0.6 is 23.2 Å². The molecule has 0 unspecified atom stereocenters. The van der Waals surface area contributed by atoms with Crippen molar-refractivity contribution < 1.29 is 9.59 Å². The molecule has 28 heavy (non-hydrogen) atoms. The summed E-state index contributed by atoms with van der Waals surface area (Å²) in [6, 6.07) is 6.55. The van der Waals surface area contributed by atoms with Crippen molar-refractivity contribution in [2.45, 2.75) is 6.92 Å². The zero-order chi connectivity index (χ0) is 19.8. The Bertz CT molecular complexity index is 1050. The van der Waals surface area contributed by atoms with Crippen LogP contribution in [0.2, 0.25) is 10.0 Å². The fraction of sp³-hybridized carbons (Fsp3) is 0.263. The van der Waals surface area contributed by atoms with E-state index in [4.69, 9.17) is 23.2 Å². The maximum atomic E-state index is 13.0. The van der Waals surface area contributed by atoms with Gasteiger partial charge in [0.05, 0.1) is 5.69 Å². The lowest BCUT2D eigenvalue weighted by atomic mass is 10.1. The van der Waals surface area contributed by atoms with Crippen LogP contribution in [0.4, 0.5) is 0 Å². The highest BCUT2D eigenvalue weighted by Crippen LogP contribution is 2.21. The van der Waals surface area contributed by atoms with Crippen molar-refractivity contribution >= 4 is 40.7 Å². The van der Waals surface area contributed by atoms with E-state index in [1.54, 1.807) is 57.9 Å². The predicted molar refractivity (Wildman–Crippen MR) is 106 cm³/mol. The fourth-order valence-corrected chi connectivity index (χ4v) is 3.90. The first kappa shape index (κ1) is 18.7. The summed E-state index contributed by atoms with van der Waals surface area (Å²) in [5.74, 6) is -0.269. The van der Waals surface area contributed by atoms with E-state index >= 15 is 0 Å². The van der Waals surface area contributed by atoms with E-state index in [1.165, 1.54) is 0 Å². The second-order valence-corrected chi connectivity index (χ2v) is 7.46. The number of nitrogens with zero attached hydrogens (tertiary/aromatic N) is 5. The van der Waals surface area contributed by atoms with Crippen LogP contribution in [0.1, 0.15) is 26.4 Å². The minimum absolute atomic E-state index is 0.121. The van der Waals surface area contributed by atoms with Gasteiger partial charge in [-0.25, -0.2) is 9.50 Å². The van der Waals surface area contributed by atoms with Crippen molar-refractivity contribution in [3.8, 4) is 0 Å². The molecule has 7 nitrogen and oxygen atoms in total. The van der Waals surface area contributed by atoms with Crippen LogP contribution in [0.5, 0.6) is 0 Å². The van der Waals surface area contributed by atoms with Crippen molar-refractivity contribution in [2.24, 2.45) is 0 Å². The summed E-state index contributed by atoms with van der Waals surface area (Å²) >= 11 is 12.0. The van der Waals surface area contributed by atoms with Crippen LogP contribution in [-0.4, -0.2) is 62.4 Å². The highest BCUT2D eigenvalue weighted by molar-refractivity contribution is 6.35. The van der Waals surface area contributed by atoms with Gasteiger partial charge in [-0.05, 0) is 31.2 Å². The quantitative estimate of drug-likeness (QED) is 0.642. The van der Waals surface area contributed by atoms with Gasteiger partial charge >= 0.3 is 0 Å². The lowest BCUT2D eigenvalue weighted by Crippen LogP contribution is -2.50. The van der Waals surface area contributed by atoms with E-state index in [2.05, 4.69) is 10.1 Å². The number of hydrogen-bond donors (Lipinski definition) is 0. The molecule has 1 saturated heterocycles. The molecule has 2 amide bonds. The van der Waals surface area contributed by atoms with Gasteiger partial charge in [0.2, 0.25) is 0 Å². The Morgan fingerprint density at radius 3 is 2.21 bits per heavy atom. The molecule has 0 radical (unpaired) electrons. The van der Waals surface area contributed by atoms with Gasteiger partial charge in [0.1, 0.15) is 5.56 Å². The molecule has 2 aromatic heterocycles. The number of halogens is 2. The molecule has 0 spiro atoms. The van der Waals surface area contributed by atoms with Crippen molar-refractivity contribution in [3.63, 3.8) is 0 Å². The maximum Gasteiger partial charge on any atom is 0.259 e. The highest BCUT2D eigenvalue weighted by Gasteiger charge is 2.29. The lowest BCUT2D eigenvalue weighted by Gasteiger charge is -2.34. The Morgan fingerprint density at radius 2 is 1.57 bits per heavy atom. The van der Waals surface area contributed by atoms with Crippen LogP contribution < -0.4 is 0 Å². The first-order valence-electron chi connectivity index (χ1n) is 8.78. The zero-order valence-electron chi connectivity index (χ0n) is 15.1. The van der Waals surface area contributed by atoms with Crippen molar-refractivity contribution in [2.75, 3.05) is 26.2 Å². The number of aryl methyl sites for hydroxylation is 1. The minimum Gasteiger partial charge on any atom is -0.335 e. The van der Waals surface area contributed by atoms with Crippen LogP contribution in [0.3, 0.4) is 0 Å².